The maximum Gasteiger partial charge on any atom is 0.287 e. The third-order valence-corrected chi connectivity index (χ3v) is 4.53. The highest BCUT2D eigenvalue weighted by Crippen LogP contribution is 2.17. The van der Waals surface area contributed by atoms with Gasteiger partial charge in [-0.25, -0.2) is 4.68 Å². The summed E-state index contributed by atoms with van der Waals surface area (Å²) in [6.07, 6.45) is 0. The van der Waals surface area contributed by atoms with E-state index in [-0.39, 0.29) is 23.9 Å². The zero-order valence-electron chi connectivity index (χ0n) is 14.5. The van der Waals surface area contributed by atoms with Crippen LogP contribution in [0.15, 0.2) is 28.7 Å². The molecular formula is C17H22N4O3S. The zero-order valence-corrected chi connectivity index (χ0v) is 15.3. The topological polar surface area (TPSA) is 63.7 Å². The molecule has 0 bridgehead atoms. The molecule has 2 heterocycles. The lowest BCUT2D eigenvalue weighted by Crippen LogP contribution is -2.48. The minimum Gasteiger partial charge on any atom is -0.484 e. The molecule has 0 atom stereocenters. The predicted molar refractivity (Wildman–Crippen MR) is 94.9 cm³/mol. The molecule has 1 saturated heterocycles. The molecule has 134 valence electrons. The summed E-state index contributed by atoms with van der Waals surface area (Å²) in [6.45, 7) is 5.45. The number of benzene rings is 1. The number of piperazine rings is 1. The second kappa shape index (κ2) is 7.79. The Bertz CT molecular complexity index is 793. The molecule has 1 aliphatic rings. The SMILES string of the molecule is Cc1ccccc1OCc1nn(CC(=O)N2CCN(C)CC2)c(=S)o1. The van der Waals surface area contributed by atoms with Gasteiger partial charge in [-0.3, -0.25) is 4.79 Å². The van der Waals surface area contributed by atoms with Crippen LogP contribution in [-0.4, -0.2) is 58.7 Å². The quantitative estimate of drug-likeness (QED) is 0.757. The van der Waals surface area contributed by atoms with Crippen LogP contribution in [0.3, 0.4) is 0 Å². The number of nitrogens with zero attached hydrogens (tertiary/aromatic N) is 4. The number of rotatable bonds is 5. The number of aryl methyl sites for hydroxylation is 1. The first-order chi connectivity index (χ1) is 12.0. The second-order valence-corrected chi connectivity index (χ2v) is 6.51. The van der Waals surface area contributed by atoms with E-state index in [1.165, 1.54) is 4.68 Å². The maximum atomic E-state index is 12.4. The predicted octanol–water partition coefficient (Wildman–Crippen LogP) is 1.87. The van der Waals surface area contributed by atoms with Crippen molar-refractivity contribution < 1.29 is 13.9 Å². The summed E-state index contributed by atoms with van der Waals surface area (Å²) < 4.78 is 12.6. The van der Waals surface area contributed by atoms with Crippen LogP contribution in [0.2, 0.25) is 0 Å². The fraction of sp³-hybridized carbons (Fsp3) is 0.471. The third-order valence-electron chi connectivity index (χ3n) is 4.23. The zero-order chi connectivity index (χ0) is 17.8. The highest BCUT2D eigenvalue weighted by Gasteiger charge is 2.20. The van der Waals surface area contributed by atoms with E-state index in [0.29, 0.717) is 5.89 Å². The lowest BCUT2D eigenvalue weighted by molar-refractivity contribution is -0.133. The second-order valence-electron chi connectivity index (χ2n) is 6.16. The fourth-order valence-corrected chi connectivity index (χ4v) is 2.85. The van der Waals surface area contributed by atoms with Crippen molar-refractivity contribution in [1.82, 2.24) is 19.6 Å². The molecule has 1 aromatic heterocycles. The van der Waals surface area contributed by atoms with Gasteiger partial charge in [-0.05, 0) is 37.8 Å². The van der Waals surface area contributed by atoms with Gasteiger partial charge >= 0.3 is 0 Å². The molecule has 1 fully saturated rings. The first kappa shape index (κ1) is 17.6. The minimum absolute atomic E-state index is 0.00359. The summed E-state index contributed by atoms with van der Waals surface area (Å²) in [5, 5.41) is 4.27. The molecule has 2 aromatic rings. The summed E-state index contributed by atoms with van der Waals surface area (Å²) in [4.78, 5) is 16.6. The van der Waals surface area contributed by atoms with Crippen molar-refractivity contribution in [2.45, 2.75) is 20.1 Å². The molecule has 0 spiro atoms. The van der Waals surface area contributed by atoms with Crippen LogP contribution in [0.4, 0.5) is 0 Å². The van der Waals surface area contributed by atoms with Gasteiger partial charge in [0.1, 0.15) is 12.3 Å². The Morgan fingerprint density at radius 2 is 2.00 bits per heavy atom. The number of carbonyl (C=O) groups excluding carboxylic acids is 1. The molecule has 0 unspecified atom stereocenters. The van der Waals surface area contributed by atoms with Crippen molar-refractivity contribution in [2.24, 2.45) is 0 Å². The minimum atomic E-state index is 0.00359. The number of ether oxygens (including phenoxy) is 1. The Morgan fingerprint density at radius 1 is 1.28 bits per heavy atom. The summed E-state index contributed by atoms with van der Waals surface area (Å²) in [5.41, 5.74) is 1.03. The molecule has 1 aliphatic heterocycles. The van der Waals surface area contributed by atoms with E-state index >= 15 is 0 Å². The molecule has 8 heteroatoms. The van der Waals surface area contributed by atoms with E-state index in [1.54, 1.807) is 0 Å². The lowest BCUT2D eigenvalue weighted by Gasteiger charge is -2.32. The van der Waals surface area contributed by atoms with Crippen molar-refractivity contribution in [3.63, 3.8) is 0 Å². The molecule has 0 aliphatic carbocycles. The molecule has 7 nitrogen and oxygen atoms in total. The van der Waals surface area contributed by atoms with Gasteiger partial charge in [-0.15, -0.1) is 5.10 Å². The summed E-state index contributed by atoms with van der Waals surface area (Å²) in [7, 11) is 2.05. The van der Waals surface area contributed by atoms with Gasteiger partial charge in [0.2, 0.25) is 5.91 Å². The van der Waals surface area contributed by atoms with E-state index in [4.69, 9.17) is 21.4 Å². The van der Waals surface area contributed by atoms with E-state index in [1.807, 2.05) is 36.1 Å². The van der Waals surface area contributed by atoms with Gasteiger partial charge < -0.3 is 19.0 Å². The fourth-order valence-electron chi connectivity index (χ4n) is 2.65. The molecule has 0 N–H and O–H groups in total. The average molecular weight is 362 g/mol. The van der Waals surface area contributed by atoms with Gasteiger partial charge in [0, 0.05) is 26.2 Å². The van der Waals surface area contributed by atoms with Crippen LogP contribution in [0.5, 0.6) is 5.75 Å². The van der Waals surface area contributed by atoms with Crippen LogP contribution in [0.25, 0.3) is 0 Å². The van der Waals surface area contributed by atoms with E-state index in [9.17, 15) is 4.79 Å². The van der Waals surface area contributed by atoms with Crippen LogP contribution in [0.1, 0.15) is 11.5 Å². The van der Waals surface area contributed by atoms with Crippen LogP contribution in [0, 0.1) is 11.8 Å². The molecule has 3 rings (SSSR count). The van der Waals surface area contributed by atoms with Gasteiger partial charge in [-0.2, -0.15) is 0 Å². The van der Waals surface area contributed by atoms with Gasteiger partial charge in [-0.1, -0.05) is 18.2 Å². The Labute approximate surface area is 151 Å². The normalized spacial score (nSPS) is 15.4. The summed E-state index contributed by atoms with van der Waals surface area (Å²) in [6, 6.07) is 7.72. The van der Waals surface area contributed by atoms with Gasteiger partial charge in [0.25, 0.3) is 10.7 Å². The standard InChI is InChI=1S/C17H22N4O3S/c1-13-5-3-4-6-14(13)23-12-15-18-21(17(25)24-15)11-16(22)20-9-7-19(2)8-10-20/h3-6H,7-12H2,1-2H3. The number of aromatic nitrogens is 2. The van der Waals surface area contributed by atoms with Crippen molar-refractivity contribution in [3.05, 3.63) is 40.6 Å². The van der Waals surface area contributed by atoms with E-state index in [0.717, 1.165) is 37.5 Å². The number of carbonyl (C=O) groups is 1. The van der Waals surface area contributed by atoms with Crippen molar-refractivity contribution in [1.29, 1.82) is 0 Å². The smallest absolute Gasteiger partial charge is 0.287 e. The van der Waals surface area contributed by atoms with Crippen molar-refractivity contribution in [2.75, 3.05) is 33.2 Å². The van der Waals surface area contributed by atoms with Crippen molar-refractivity contribution in [3.8, 4) is 5.75 Å². The number of amides is 1. The average Bonchev–Trinajstić information content (AvgIpc) is 2.94. The Balaban J connectivity index is 1.59. The Kier molecular flexibility index (Phi) is 5.50. The Hall–Kier alpha value is -2.19. The molecule has 1 aromatic carbocycles. The highest BCUT2D eigenvalue weighted by molar-refractivity contribution is 7.71. The Morgan fingerprint density at radius 3 is 2.72 bits per heavy atom. The number of likely N-dealkylation sites (N-methyl/N-ethyl adjacent to an activating group) is 1. The van der Waals surface area contributed by atoms with Gasteiger partial charge in [0.15, 0.2) is 6.61 Å². The molecule has 0 saturated carbocycles. The largest absolute Gasteiger partial charge is 0.484 e. The molecule has 25 heavy (non-hydrogen) atoms. The first-order valence-electron chi connectivity index (χ1n) is 8.24. The number of hydrogen-bond donors (Lipinski definition) is 0. The van der Waals surface area contributed by atoms with E-state index in [2.05, 4.69) is 17.0 Å². The number of hydrogen-bond acceptors (Lipinski definition) is 6. The molecule has 1 amide bonds. The summed E-state index contributed by atoms with van der Waals surface area (Å²) in [5.74, 6) is 1.13. The third kappa shape index (κ3) is 4.46. The monoisotopic (exact) mass is 362 g/mol. The van der Waals surface area contributed by atoms with Crippen molar-refractivity contribution >= 4 is 18.1 Å². The van der Waals surface area contributed by atoms with Gasteiger partial charge in [0.05, 0.1) is 0 Å². The van der Waals surface area contributed by atoms with Crippen LogP contribution < -0.4 is 4.74 Å². The molecule has 0 radical (unpaired) electrons. The summed E-state index contributed by atoms with van der Waals surface area (Å²) >= 11 is 5.17. The molecular weight excluding hydrogens is 340 g/mol. The van der Waals surface area contributed by atoms with Crippen LogP contribution >= 0.6 is 12.2 Å². The first-order valence-corrected chi connectivity index (χ1v) is 8.65. The number of para-hydroxylation sites is 1. The van der Waals surface area contributed by atoms with Crippen LogP contribution in [-0.2, 0) is 17.9 Å². The highest BCUT2D eigenvalue weighted by atomic mass is 32.1. The van der Waals surface area contributed by atoms with E-state index < -0.39 is 0 Å². The maximum absolute atomic E-state index is 12.4. The lowest BCUT2D eigenvalue weighted by atomic mass is 10.2.